The molecule has 2 nitrogen and oxygen atoms in total. The molecule has 0 aliphatic carbocycles. The van der Waals surface area contributed by atoms with Crippen LogP contribution in [0, 0.1) is 13.8 Å². The molecule has 0 radical (unpaired) electrons. The molecule has 0 atom stereocenters. The number of hydrogen-bond acceptors (Lipinski definition) is 2. The van der Waals surface area contributed by atoms with Gasteiger partial charge < -0.3 is 10.1 Å². The van der Waals surface area contributed by atoms with E-state index in [0.717, 1.165) is 18.7 Å². The van der Waals surface area contributed by atoms with Crippen LogP contribution >= 0.6 is 0 Å². The lowest BCUT2D eigenvalue weighted by atomic mass is 10.1. The fourth-order valence-corrected chi connectivity index (χ4v) is 2.19. The van der Waals surface area contributed by atoms with Gasteiger partial charge in [0.05, 0.1) is 0 Å². The summed E-state index contributed by atoms with van der Waals surface area (Å²) in [6.07, 6.45) is 1.06. The van der Waals surface area contributed by atoms with Crippen molar-refractivity contribution in [1.82, 2.24) is 5.32 Å². The topological polar surface area (TPSA) is 21.3 Å². The van der Waals surface area contributed by atoms with E-state index in [1.165, 1.54) is 22.3 Å². The molecule has 0 aromatic heterocycles. The SMILES string of the molecule is CNCCc1ccc(COc2ccc(C)cc2C)cc1. The van der Waals surface area contributed by atoms with Gasteiger partial charge in [0.2, 0.25) is 0 Å². The van der Waals surface area contributed by atoms with Gasteiger partial charge >= 0.3 is 0 Å². The van der Waals surface area contributed by atoms with Crippen molar-refractivity contribution < 1.29 is 4.74 Å². The number of likely N-dealkylation sites (N-methyl/N-ethyl adjacent to an activating group) is 1. The summed E-state index contributed by atoms with van der Waals surface area (Å²) in [7, 11) is 1.98. The summed E-state index contributed by atoms with van der Waals surface area (Å²) in [6, 6.07) is 14.9. The second-order valence-corrected chi connectivity index (χ2v) is 5.23. The Hall–Kier alpha value is -1.80. The van der Waals surface area contributed by atoms with Gasteiger partial charge in [0, 0.05) is 0 Å². The molecule has 0 bridgehead atoms. The van der Waals surface area contributed by atoms with Crippen LogP contribution in [-0.4, -0.2) is 13.6 Å². The van der Waals surface area contributed by atoms with Gasteiger partial charge in [-0.1, -0.05) is 42.0 Å². The van der Waals surface area contributed by atoms with Gasteiger partial charge in [0.1, 0.15) is 12.4 Å². The molecule has 1 N–H and O–H groups in total. The maximum Gasteiger partial charge on any atom is 0.122 e. The van der Waals surface area contributed by atoms with Crippen molar-refractivity contribution in [1.29, 1.82) is 0 Å². The standard InChI is InChI=1S/C18H23NO/c1-14-4-9-18(15(2)12-14)20-13-17-7-5-16(6-8-17)10-11-19-3/h4-9,12,19H,10-11,13H2,1-3H3. The van der Waals surface area contributed by atoms with Crippen molar-refractivity contribution in [2.45, 2.75) is 26.9 Å². The lowest BCUT2D eigenvalue weighted by Crippen LogP contribution is -2.10. The predicted molar refractivity (Wildman–Crippen MR) is 84.3 cm³/mol. The average molecular weight is 269 g/mol. The van der Waals surface area contributed by atoms with Crippen LogP contribution in [0.3, 0.4) is 0 Å². The first-order valence-corrected chi connectivity index (χ1v) is 7.11. The van der Waals surface area contributed by atoms with Gasteiger partial charge in [-0.05, 0) is 56.6 Å². The third-order valence-electron chi connectivity index (χ3n) is 3.41. The first-order chi connectivity index (χ1) is 9.69. The van der Waals surface area contributed by atoms with Crippen molar-refractivity contribution in [3.63, 3.8) is 0 Å². The van der Waals surface area contributed by atoms with Gasteiger partial charge in [-0.15, -0.1) is 0 Å². The largest absolute Gasteiger partial charge is 0.489 e. The molecular formula is C18H23NO. The number of benzene rings is 2. The first-order valence-electron chi connectivity index (χ1n) is 7.11. The fraction of sp³-hybridized carbons (Fsp3) is 0.333. The monoisotopic (exact) mass is 269 g/mol. The Labute approximate surface area is 121 Å². The molecule has 20 heavy (non-hydrogen) atoms. The van der Waals surface area contributed by atoms with E-state index in [1.54, 1.807) is 0 Å². The Morgan fingerprint density at radius 2 is 1.65 bits per heavy atom. The molecule has 0 heterocycles. The summed E-state index contributed by atoms with van der Waals surface area (Å²) in [5.41, 5.74) is 5.02. The highest BCUT2D eigenvalue weighted by Gasteiger charge is 2.01. The van der Waals surface area contributed by atoms with Gasteiger partial charge in [0.25, 0.3) is 0 Å². The molecule has 0 amide bonds. The van der Waals surface area contributed by atoms with Crippen molar-refractivity contribution >= 4 is 0 Å². The zero-order valence-electron chi connectivity index (χ0n) is 12.6. The summed E-state index contributed by atoms with van der Waals surface area (Å²) in [5, 5.41) is 3.16. The van der Waals surface area contributed by atoms with Gasteiger partial charge in [0.15, 0.2) is 0 Å². The fourth-order valence-electron chi connectivity index (χ4n) is 2.19. The summed E-state index contributed by atoms with van der Waals surface area (Å²) >= 11 is 0. The second-order valence-electron chi connectivity index (χ2n) is 5.23. The molecular weight excluding hydrogens is 246 g/mol. The molecule has 0 fully saturated rings. The molecule has 2 aromatic rings. The van der Waals surface area contributed by atoms with Gasteiger partial charge in [-0.25, -0.2) is 0 Å². The van der Waals surface area contributed by atoms with Gasteiger partial charge in [-0.2, -0.15) is 0 Å². The lowest BCUT2D eigenvalue weighted by Gasteiger charge is -2.10. The van der Waals surface area contributed by atoms with E-state index in [1.807, 2.05) is 13.1 Å². The molecule has 0 aliphatic rings. The van der Waals surface area contributed by atoms with Crippen molar-refractivity contribution in [2.24, 2.45) is 0 Å². The molecule has 0 saturated carbocycles. The smallest absolute Gasteiger partial charge is 0.122 e. The number of hydrogen-bond donors (Lipinski definition) is 1. The van der Waals surface area contributed by atoms with Crippen LogP contribution in [0.1, 0.15) is 22.3 Å². The Bertz CT molecular complexity index is 546. The Morgan fingerprint density at radius 1 is 0.950 bits per heavy atom. The van der Waals surface area contributed by atoms with E-state index < -0.39 is 0 Å². The highest BCUT2D eigenvalue weighted by Crippen LogP contribution is 2.20. The van der Waals surface area contributed by atoms with Crippen LogP contribution in [0.5, 0.6) is 5.75 Å². The normalized spacial score (nSPS) is 10.6. The summed E-state index contributed by atoms with van der Waals surface area (Å²) in [5.74, 6) is 0.967. The number of ether oxygens (including phenoxy) is 1. The molecule has 2 aromatic carbocycles. The molecule has 0 aliphatic heterocycles. The van der Waals surface area contributed by atoms with E-state index in [0.29, 0.717) is 6.61 Å². The average Bonchev–Trinajstić information content (AvgIpc) is 2.45. The minimum atomic E-state index is 0.621. The molecule has 0 spiro atoms. The first kappa shape index (κ1) is 14.6. The number of nitrogens with one attached hydrogen (secondary N) is 1. The van der Waals surface area contributed by atoms with Gasteiger partial charge in [-0.3, -0.25) is 0 Å². The third kappa shape index (κ3) is 4.10. The summed E-state index contributed by atoms with van der Waals surface area (Å²) < 4.78 is 5.89. The van der Waals surface area contributed by atoms with Crippen LogP contribution in [0.15, 0.2) is 42.5 Å². The predicted octanol–water partition coefficient (Wildman–Crippen LogP) is 3.64. The van der Waals surface area contributed by atoms with E-state index in [9.17, 15) is 0 Å². The van der Waals surface area contributed by atoms with Crippen molar-refractivity contribution in [3.8, 4) is 5.75 Å². The zero-order chi connectivity index (χ0) is 14.4. The summed E-state index contributed by atoms with van der Waals surface area (Å²) in [4.78, 5) is 0. The van der Waals surface area contributed by atoms with E-state index in [4.69, 9.17) is 4.74 Å². The number of rotatable bonds is 6. The highest BCUT2D eigenvalue weighted by molar-refractivity contribution is 5.36. The van der Waals surface area contributed by atoms with E-state index >= 15 is 0 Å². The Morgan fingerprint density at radius 3 is 2.30 bits per heavy atom. The highest BCUT2D eigenvalue weighted by atomic mass is 16.5. The quantitative estimate of drug-likeness (QED) is 0.864. The molecule has 106 valence electrons. The van der Waals surface area contributed by atoms with Crippen LogP contribution in [0.4, 0.5) is 0 Å². The van der Waals surface area contributed by atoms with Crippen LogP contribution in [-0.2, 0) is 13.0 Å². The second kappa shape index (κ2) is 7.11. The van der Waals surface area contributed by atoms with Crippen LogP contribution in [0.25, 0.3) is 0 Å². The molecule has 0 saturated heterocycles. The molecule has 2 heteroatoms. The molecule has 2 rings (SSSR count). The lowest BCUT2D eigenvalue weighted by molar-refractivity contribution is 0.304. The zero-order valence-corrected chi connectivity index (χ0v) is 12.6. The Kier molecular flexibility index (Phi) is 5.19. The number of aryl methyl sites for hydroxylation is 2. The van der Waals surface area contributed by atoms with Crippen LogP contribution < -0.4 is 10.1 Å². The van der Waals surface area contributed by atoms with Crippen molar-refractivity contribution in [2.75, 3.05) is 13.6 Å². The minimum absolute atomic E-state index is 0.621. The summed E-state index contributed by atoms with van der Waals surface area (Å²) in [6.45, 7) is 5.82. The minimum Gasteiger partial charge on any atom is -0.489 e. The van der Waals surface area contributed by atoms with Crippen LogP contribution in [0.2, 0.25) is 0 Å². The third-order valence-corrected chi connectivity index (χ3v) is 3.41. The van der Waals surface area contributed by atoms with E-state index in [-0.39, 0.29) is 0 Å². The maximum atomic E-state index is 5.89. The molecule has 0 unspecified atom stereocenters. The Balaban J connectivity index is 1.93. The maximum absolute atomic E-state index is 5.89. The van der Waals surface area contributed by atoms with Crippen molar-refractivity contribution in [3.05, 3.63) is 64.7 Å². The van der Waals surface area contributed by atoms with E-state index in [2.05, 4.69) is 55.6 Å².